The smallest absolute Gasteiger partial charge is 0.263 e. The Kier molecular flexibility index (Phi) is 6.89. The van der Waals surface area contributed by atoms with Gasteiger partial charge in [0.2, 0.25) is 0 Å². The summed E-state index contributed by atoms with van der Waals surface area (Å²) in [5, 5.41) is 2.85. The molecule has 0 radical (unpaired) electrons. The van der Waals surface area contributed by atoms with E-state index in [-0.39, 0.29) is 21.4 Å². The van der Waals surface area contributed by atoms with E-state index in [1.165, 1.54) is 18.2 Å². The fourth-order valence-corrected chi connectivity index (χ4v) is 4.02. The topological polar surface area (TPSA) is 75.3 Å². The molecule has 0 saturated carbocycles. The lowest BCUT2D eigenvalue weighted by Gasteiger charge is -2.13. The average Bonchev–Trinajstić information content (AvgIpc) is 2.57. The minimum absolute atomic E-state index is 0.0602. The van der Waals surface area contributed by atoms with Crippen LogP contribution in [0.3, 0.4) is 0 Å². The van der Waals surface area contributed by atoms with Crippen molar-refractivity contribution in [2.45, 2.75) is 39.0 Å². The summed E-state index contributed by atoms with van der Waals surface area (Å²) >= 11 is 6.10. The predicted molar refractivity (Wildman–Crippen MR) is 110 cm³/mol. The molecule has 0 saturated heterocycles. The maximum absolute atomic E-state index is 12.8. The first-order chi connectivity index (χ1) is 12.6. The van der Waals surface area contributed by atoms with E-state index in [4.69, 9.17) is 11.6 Å². The highest BCUT2D eigenvalue weighted by Crippen LogP contribution is 2.26. The van der Waals surface area contributed by atoms with Gasteiger partial charge >= 0.3 is 0 Å². The Bertz CT molecular complexity index is 940. The molecule has 1 amide bonds. The van der Waals surface area contributed by atoms with Crippen LogP contribution in [-0.2, 0) is 10.0 Å². The standard InChI is InChI=1S/C20H25ClN2O3S/c1-13(2)9-10-22-20(24)16-6-8-18(21)19(12-16)27(25,26)23-17-7-5-14(3)15(4)11-17/h5-8,11-13,23H,9-10H2,1-4H3,(H,22,24). The number of carbonyl (C=O) groups is 1. The molecular formula is C20H25ClN2O3S. The molecule has 0 atom stereocenters. The largest absolute Gasteiger partial charge is 0.352 e. The first-order valence-corrected chi connectivity index (χ1v) is 10.6. The maximum Gasteiger partial charge on any atom is 0.263 e. The van der Waals surface area contributed by atoms with Gasteiger partial charge in [-0.1, -0.05) is 31.5 Å². The first kappa shape index (κ1) is 21.3. The van der Waals surface area contributed by atoms with Crippen molar-refractivity contribution in [3.05, 3.63) is 58.1 Å². The lowest BCUT2D eigenvalue weighted by Crippen LogP contribution is -2.25. The Balaban J connectivity index is 2.25. The third-order valence-corrected chi connectivity index (χ3v) is 6.11. The molecule has 2 rings (SSSR count). The lowest BCUT2D eigenvalue weighted by molar-refractivity contribution is 0.0952. The van der Waals surface area contributed by atoms with Crippen molar-refractivity contribution in [3.63, 3.8) is 0 Å². The summed E-state index contributed by atoms with van der Waals surface area (Å²) < 4.78 is 28.1. The van der Waals surface area contributed by atoms with Crippen molar-refractivity contribution in [1.82, 2.24) is 5.32 Å². The summed E-state index contributed by atoms with van der Waals surface area (Å²) in [6, 6.07) is 9.53. The van der Waals surface area contributed by atoms with Crippen molar-refractivity contribution < 1.29 is 13.2 Å². The van der Waals surface area contributed by atoms with Crippen LogP contribution in [-0.4, -0.2) is 20.9 Å². The molecule has 2 aromatic carbocycles. The van der Waals surface area contributed by atoms with E-state index in [1.807, 2.05) is 19.9 Å². The average molecular weight is 409 g/mol. The van der Waals surface area contributed by atoms with Gasteiger partial charge in [-0.15, -0.1) is 0 Å². The van der Waals surface area contributed by atoms with Crippen LogP contribution in [0.15, 0.2) is 41.3 Å². The number of nitrogens with one attached hydrogen (secondary N) is 2. The summed E-state index contributed by atoms with van der Waals surface area (Å²) in [6.45, 7) is 8.52. The number of rotatable bonds is 7. The number of halogens is 1. The van der Waals surface area contributed by atoms with Crippen LogP contribution in [0, 0.1) is 19.8 Å². The van der Waals surface area contributed by atoms with Gasteiger partial charge in [-0.05, 0) is 67.6 Å². The molecule has 0 heterocycles. The minimum atomic E-state index is -3.93. The highest BCUT2D eigenvalue weighted by Gasteiger charge is 2.20. The Morgan fingerprint density at radius 2 is 1.78 bits per heavy atom. The van der Waals surface area contributed by atoms with E-state index >= 15 is 0 Å². The molecule has 0 spiro atoms. The van der Waals surface area contributed by atoms with Gasteiger partial charge in [-0.2, -0.15) is 0 Å². The molecule has 0 aliphatic rings. The number of hydrogen-bond donors (Lipinski definition) is 2. The number of amides is 1. The molecule has 5 nitrogen and oxygen atoms in total. The second kappa shape index (κ2) is 8.76. The number of sulfonamides is 1. The first-order valence-electron chi connectivity index (χ1n) is 8.78. The van der Waals surface area contributed by atoms with E-state index in [1.54, 1.807) is 12.1 Å². The second-order valence-corrected chi connectivity index (χ2v) is 9.05. The number of carbonyl (C=O) groups excluding carboxylic acids is 1. The normalized spacial score (nSPS) is 11.5. The van der Waals surface area contributed by atoms with E-state index in [0.717, 1.165) is 17.5 Å². The van der Waals surface area contributed by atoms with Gasteiger partial charge < -0.3 is 5.32 Å². The Hall–Kier alpha value is -2.05. The second-order valence-electron chi connectivity index (χ2n) is 6.99. The fraction of sp³-hybridized carbons (Fsp3) is 0.350. The van der Waals surface area contributed by atoms with Gasteiger partial charge in [0.05, 0.1) is 5.02 Å². The molecule has 2 aromatic rings. The Labute approximate surface area is 166 Å². The molecule has 7 heteroatoms. The number of hydrogen-bond acceptors (Lipinski definition) is 3. The highest BCUT2D eigenvalue weighted by molar-refractivity contribution is 7.92. The van der Waals surface area contributed by atoms with E-state index in [9.17, 15) is 13.2 Å². The van der Waals surface area contributed by atoms with Crippen LogP contribution in [0.1, 0.15) is 41.8 Å². The molecule has 2 N–H and O–H groups in total. The number of benzene rings is 2. The molecular weight excluding hydrogens is 384 g/mol. The van der Waals surface area contributed by atoms with Gasteiger partial charge in [0.25, 0.3) is 15.9 Å². The van der Waals surface area contributed by atoms with Crippen LogP contribution < -0.4 is 10.0 Å². The number of aryl methyl sites for hydroxylation is 2. The molecule has 0 aromatic heterocycles. The van der Waals surface area contributed by atoms with Gasteiger partial charge in [0.1, 0.15) is 4.90 Å². The number of anilines is 1. The van der Waals surface area contributed by atoms with Crippen molar-refractivity contribution in [1.29, 1.82) is 0 Å². The maximum atomic E-state index is 12.8. The zero-order valence-corrected chi connectivity index (χ0v) is 17.5. The molecule has 0 aliphatic carbocycles. The van der Waals surface area contributed by atoms with Gasteiger partial charge in [-0.25, -0.2) is 8.42 Å². The van der Waals surface area contributed by atoms with Crippen LogP contribution >= 0.6 is 11.6 Å². The van der Waals surface area contributed by atoms with Crippen LogP contribution in [0.4, 0.5) is 5.69 Å². The van der Waals surface area contributed by atoms with Crippen molar-refractivity contribution in [3.8, 4) is 0 Å². The third kappa shape index (κ3) is 5.71. The zero-order valence-electron chi connectivity index (χ0n) is 16.0. The lowest BCUT2D eigenvalue weighted by atomic mass is 10.1. The molecule has 0 fully saturated rings. The Morgan fingerprint density at radius 1 is 1.07 bits per heavy atom. The monoisotopic (exact) mass is 408 g/mol. The third-order valence-electron chi connectivity index (χ3n) is 4.25. The van der Waals surface area contributed by atoms with Crippen molar-refractivity contribution in [2.24, 2.45) is 5.92 Å². The minimum Gasteiger partial charge on any atom is -0.352 e. The molecule has 27 heavy (non-hydrogen) atoms. The van der Waals surface area contributed by atoms with Gasteiger partial charge in [-0.3, -0.25) is 9.52 Å². The van der Waals surface area contributed by atoms with Gasteiger partial charge in [0.15, 0.2) is 0 Å². The van der Waals surface area contributed by atoms with E-state index in [0.29, 0.717) is 18.2 Å². The van der Waals surface area contributed by atoms with Gasteiger partial charge in [0, 0.05) is 17.8 Å². The SMILES string of the molecule is Cc1ccc(NS(=O)(=O)c2cc(C(=O)NCCC(C)C)ccc2Cl)cc1C. The van der Waals surface area contributed by atoms with E-state index < -0.39 is 10.0 Å². The Morgan fingerprint density at radius 3 is 2.41 bits per heavy atom. The van der Waals surface area contributed by atoms with Crippen molar-refractivity contribution in [2.75, 3.05) is 11.3 Å². The van der Waals surface area contributed by atoms with Crippen LogP contribution in [0.5, 0.6) is 0 Å². The fourth-order valence-electron chi connectivity index (χ4n) is 2.44. The van der Waals surface area contributed by atoms with Crippen LogP contribution in [0.2, 0.25) is 5.02 Å². The van der Waals surface area contributed by atoms with Crippen LogP contribution in [0.25, 0.3) is 0 Å². The summed E-state index contributed by atoms with van der Waals surface area (Å²) in [6.07, 6.45) is 0.846. The summed E-state index contributed by atoms with van der Waals surface area (Å²) in [4.78, 5) is 12.2. The molecule has 146 valence electrons. The summed E-state index contributed by atoms with van der Waals surface area (Å²) in [5.74, 6) is 0.142. The predicted octanol–water partition coefficient (Wildman–Crippen LogP) is 4.53. The quantitative estimate of drug-likeness (QED) is 0.706. The summed E-state index contributed by atoms with van der Waals surface area (Å²) in [7, 11) is -3.93. The van der Waals surface area contributed by atoms with E-state index in [2.05, 4.69) is 23.9 Å². The molecule has 0 unspecified atom stereocenters. The molecule has 0 aliphatic heterocycles. The summed E-state index contributed by atoms with van der Waals surface area (Å²) in [5.41, 5.74) is 2.74. The molecule has 0 bridgehead atoms. The zero-order chi connectivity index (χ0) is 20.2. The highest BCUT2D eigenvalue weighted by atomic mass is 35.5. The van der Waals surface area contributed by atoms with Crippen molar-refractivity contribution >= 4 is 33.2 Å².